The molecule has 0 aliphatic rings. The van der Waals surface area contributed by atoms with E-state index in [4.69, 9.17) is 9.84 Å². The highest BCUT2D eigenvalue weighted by molar-refractivity contribution is 9.10. The molecule has 0 saturated carbocycles. The summed E-state index contributed by atoms with van der Waals surface area (Å²) in [6, 6.07) is 5.79. The van der Waals surface area contributed by atoms with E-state index in [1.165, 1.54) is 0 Å². The molecule has 0 bridgehead atoms. The predicted molar refractivity (Wildman–Crippen MR) is 60.4 cm³/mol. The molecule has 1 radical (unpaired) electrons. The first-order chi connectivity index (χ1) is 6.69. The van der Waals surface area contributed by atoms with Crippen molar-refractivity contribution in [3.05, 3.63) is 34.2 Å². The van der Waals surface area contributed by atoms with Crippen LogP contribution in [0.1, 0.15) is 19.4 Å². The maximum atomic E-state index is 9.06. The molecule has 0 aromatic heterocycles. The zero-order valence-electron chi connectivity index (χ0n) is 8.38. The molecule has 0 spiro atoms. The fourth-order valence-electron chi connectivity index (χ4n) is 1.20. The van der Waals surface area contributed by atoms with Gasteiger partial charge in [-0.05, 0) is 25.1 Å². The summed E-state index contributed by atoms with van der Waals surface area (Å²) < 4.78 is 6.45. The zero-order chi connectivity index (χ0) is 10.6. The van der Waals surface area contributed by atoms with Crippen molar-refractivity contribution in [2.75, 3.05) is 13.2 Å². The second kappa shape index (κ2) is 5.37. The van der Waals surface area contributed by atoms with Crippen LogP contribution in [0.4, 0.5) is 0 Å². The number of halogens is 1. The van der Waals surface area contributed by atoms with Gasteiger partial charge in [-0.3, -0.25) is 0 Å². The molecule has 0 fully saturated rings. The molecular weight excluding hydrogens is 244 g/mol. The third kappa shape index (κ3) is 2.72. The number of rotatable bonds is 4. The summed E-state index contributed by atoms with van der Waals surface area (Å²) in [5.41, 5.74) is 0.962. The number of benzene rings is 1. The van der Waals surface area contributed by atoms with Crippen molar-refractivity contribution >= 4 is 15.9 Å². The van der Waals surface area contributed by atoms with Crippen LogP contribution in [0.15, 0.2) is 22.7 Å². The van der Waals surface area contributed by atoms with Gasteiger partial charge in [-0.2, -0.15) is 0 Å². The molecule has 3 heteroatoms. The monoisotopic (exact) mass is 257 g/mol. The molecule has 0 saturated heterocycles. The minimum Gasteiger partial charge on any atom is -0.494 e. The lowest BCUT2D eigenvalue weighted by atomic mass is 10.0. The quantitative estimate of drug-likeness (QED) is 0.899. The third-order valence-corrected chi connectivity index (χ3v) is 2.43. The van der Waals surface area contributed by atoms with Crippen LogP contribution < -0.4 is 4.74 Å². The van der Waals surface area contributed by atoms with Gasteiger partial charge in [0.25, 0.3) is 0 Å². The van der Waals surface area contributed by atoms with Crippen LogP contribution in [-0.4, -0.2) is 18.3 Å². The Morgan fingerprint density at radius 1 is 1.50 bits per heavy atom. The first-order valence-corrected chi connectivity index (χ1v) is 5.34. The summed E-state index contributed by atoms with van der Waals surface area (Å²) in [6.45, 7) is 4.52. The van der Waals surface area contributed by atoms with Crippen LogP contribution >= 0.6 is 15.9 Å². The van der Waals surface area contributed by atoms with Crippen molar-refractivity contribution in [3.8, 4) is 5.75 Å². The maximum absolute atomic E-state index is 9.06. The molecule has 1 aromatic carbocycles. The predicted octanol–water partition coefficient (Wildman–Crippen LogP) is 2.78. The Morgan fingerprint density at radius 3 is 2.79 bits per heavy atom. The first-order valence-electron chi connectivity index (χ1n) is 4.55. The van der Waals surface area contributed by atoms with Gasteiger partial charge in [-0.1, -0.05) is 22.9 Å². The normalized spacial score (nSPS) is 10.6. The summed E-state index contributed by atoms with van der Waals surface area (Å²) in [5.74, 6) is 1.73. The molecule has 2 nitrogen and oxygen atoms in total. The van der Waals surface area contributed by atoms with E-state index in [-0.39, 0.29) is 6.61 Å². The largest absolute Gasteiger partial charge is 0.494 e. The Kier molecular flexibility index (Phi) is 4.42. The average Bonchev–Trinajstić information content (AvgIpc) is 2.20. The van der Waals surface area contributed by atoms with Gasteiger partial charge in [0, 0.05) is 16.0 Å². The Balaban J connectivity index is 3.02. The van der Waals surface area contributed by atoms with Crippen molar-refractivity contribution in [2.24, 2.45) is 0 Å². The van der Waals surface area contributed by atoms with Crippen LogP contribution in [0.25, 0.3) is 0 Å². The van der Waals surface area contributed by atoms with Gasteiger partial charge in [-0.25, -0.2) is 0 Å². The van der Waals surface area contributed by atoms with E-state index in [0.29, 0.717) is 6.61 Å². The molecule has 0 aliphatic heterocycles. The van der Waals surface area contributed by atoms with Crippen molar-refractivity contribution in [1.82, 2.24) is 0 Å². The molecule has 1 N–H and O–H groups in total. The SMILES string of the molecule is CCOc1ccc(Br)cc1[C](C)CO. The van der Waals surface area contributed by atoms with E-state index in [1.807, 2.05) is 32.0 Å². The number of hydrogen-bond donors (Lipinski definition) is 1. The van der Waals surface area contributed by atoms with Gasteiger partial charge < -0.3 is 9.84 Å². The lowest BCUT2D eigenvalue weighted by molar-refractivity contribution is 0.307. The molecule has 0 unspecified atom stereocenters. The van der Waals surface area contributed by atoms with Crippen LogP contribution in [0.5, 0.6) is 5.75 Å². The molecule has 0 aliphatic carbocycles. The fraction of sp³-hybridized carbons (Fsp3) is 0.364. The lowest BCUT2D eigenvalue weighted by Gasteiger charge is -2.14. The highest BCUT2D eigenvalue weighted by atomic mass is 79.9. The van der Waals surface area contributed by atoms with E-state index in [0.717, 1.165) is 21.7 Å². The molecule has 0 amide bonds. The minimum atomic E-state index is 0.0521. The number of ether oxygens (including phenoxy) is 1. The van der Waals surface area contributed by atoms with Crippen LogP contribution in [0.2, 0.25) is 0 Å². The third-order valence-electron chi connectivity index (χ3n) is 1.94. The van der Waals surface area contributed by atoms with Crippen molar-refractivity contribution in [2.45, 2.75) is 13.8 Å². The van der Waals surface area contributed by atoms with Gasteiger partial charge in [0.05, 0.1) is 13.2 Å². The maximum Gasteiger partial charge on any atom is 0.123 e. The molecule has 77 valence electrons. The Hall–Kier alpha value is -0.540. The first kappa shape index (κ1) is 11.5. The summed E-state index contributed by atoms with van der Waals surface area (Å²) >= 11 is 3.39. The van der Waals surface area contributed by atoms with Gasteiger partial charge in [0.2, 0.25) is 0 Å². The van der Waals surface area contributed by atoms with Gasteiger partial charge >= 0.3 is 0 Å². The topological polar surface area (TPSA) is 29.5 Å². The van der Waals surface area contributed by atoms with E-state index in [9.17, 15) is 0 Å². The van der Waals surface area contributed by atoms with E-state index >= 15 is 0 Å². The molecule has 14 heavy (non-hydrogen) atoms. The van der Waals surface area contributed by atoms with E-state index in [2.05, 4.69) is 15.9 Å². The molecule has 0 heterocycles. The minimum absolute atomic E-state index is 0.0521. The van der Waals surface area contributed by atoms with E-state index in [1.54, 1.807) is 0 Å². The number of hydrogen-bond acceptors (Lipinski definition) is 2. The summed E-state index contributed by atoms with van der Waals surface area (Å²) in [5, 5.41) is 9.06. The van der Waals surface area contributed by atoms with Crippen LogP contribution in [-0.2, 0) is 0 Å². The summed E-state index contributed by atoms with van der Waals surface area (Å²) in [4.78, 5) is 0. The molecular formula is C11H14BrO2. The van der Waals surface area contributed by atoms with Crippen LogP contribution in [0.3, 0.4) is 0 Å². The van der Waals surface area contributed by atoms with Gasteiger partial charge in [0.1, 0.15) is 5.75 Å². The molecule has 0 atom stereocenters. The number of aliphatic hydroxyl groups is 1. The molecule has 1 rings (SSSR count). The van der Waals surface area contributed by atoms with Crippen molar-refractivity contribution in [1.29, 1.82) is 0 Å². The second-order valence-electron chi connectivity index (χ2n) is 3.01. The van der Waals surface area contributed by atoms with Crippen molar-refractivity contribution < 1.29 is 9.84 Å². The Labute approximate surface area is 93.0 Å². The Morgan fingerprint density at radius 2 is 2.21 bits per heavy atom. The van der Waals surface area contributed by atoms with Gasteiger partial charge in [0.15, 0.2) is 0 Å². The zero-order valence-corrected chi connectivity index (χ0v) is 9.97. The Bertz CT molecular complexity index is 299. The number of aliphatic hydroxyl groups excluding tert-OH is 1. The highest BCUT2D eigenvalue weighted by Gasteiger charge is 2.11. The lowest BCUT2D eigenvalue weighted by Crippen LogP contribution is -2.04. The second-order valence-corrected chi connectivity index (χ2v) is 3.93. The standard InChI is InChI=1S/C11H14BrO2/c1-3-14-11-5-4-9(12)6-10(11)8(2)7-13/h4-6,13H,3,7H2,1-2H3. The van der Waals surface area contributed by atoms with E-state index < -0.39 is 0 Å². The van der Waals surface area contributed by atoms with Gasteiger partial charge in [-0.15, -0.1) is 0 Å². The average molecular weight is 258 g/mol. The summed E-state index contributed by atoms with van der Waals surface area (Å²) in [6.07, 6.45) is 0. The molecule has 1 aromatic rings. The fourth-order valence-corrected chi connectivity index (χ4v) is 1.56. The highest BCUT2D eigenvalue weighted by Crippen LogP contribution is 2.28. The van der Waals surface area contributed by atoms with Crippen molar-refractivity contribution in [3.63, 3.8) is 0 Å². The summed E-state index contributed by atoms with van der Waals surface area (Å²) in [7, 11) is 0. The smallest absolute Gasteiger partial charge is 0.123 e. The van der Waals surface area contributed by atoms with Crippen LogP contribution in [0, 0.1) is 5.92 Å².